The van der Waals surface area contributed by atoms with Gasteiger partial charge in [-0.2, -0.15) is 0 Å². The summed E-state index contributed by atoms with van der Waals surface area (Å²) in [7, 11) is 0. The van der Waals surface area contributed by atoms with E-state index in [1.807, 2.05) is 0 Å². The first kappa shape index (κ1) is 22.8. The molecule has 0 aromatic carbocycles. The molecule has 0 aliphatic rings. The lowest BCUT2D eigenvalue weighted by atomic mass is 10.0. The van der Waals surface area contributed by atoms with Gasteiger partial charge in [0.1, 0.15) is 0 Å². The molecule has 0 radical (unpaired) electrons. The summed E-state index contributed by atoms with van der Waals surface area (Å²) in [5, 5.41) is 8.51. The first-order valence-corrected chi connectivity index (χ1v) is 8.80. The molecular weight excluding hydrogens is 300 g/mol. The Hall–Kier alpha value is -0.240. The third-order valence-electron chi connectivity index (χ3n) is 3.26. The number of hydrogen-bond acceptors (Lipinski definition) is 6. The fourth-order valence-corrected chi connectivity index (χ4v) is 1.97. The fraction of sp³-hybridized carbons (Fsp3) is 1.00. The highest BCUT2D eigenvalue weighted by Crippen LogP contribution is 2.09. The van der Waals surface area contributed by atoms with Crippen molar-refractivity contribution in [2.24, 2.45) is 5.92 Å². The van der Waals surface area contributed by atoms with Gasteiger partial charge in [-0.1, -0.05) is 26.7 Å². The van der Waals surface area contributed by atoms with Crippen LogP contribution in [0.2, 0.25) is 0 Å². The fourth-order valence-electron chi connectivity index (χ4n) is 1.97. The molecule has 1 unspecified atom stereocenters. The monoisotopic (exact) mass is 336 g/mol. The van der Waals surface area contributed by atoms with E-state index in [1.165, 1.54) is 12.8 Å². The molecule has 0 aromatic rings. The Labute approximate surface area is 141 Å². The molecule has 140 valence electrons. The summed E-state index contributed by atoms with van der Waals surface area (Å²) in [6, 6.07) is 0. The van der Waals surface area contributed by atoms with Crippen molar-refractivity contribution in [3.63, 3.8) is 0 Å². The highest BCUT2D eigenvalue weighted by atomic mass is 16.6. The molecular formula is C17H36O6. The number of rotatable bonds is 19. The highest BCUT2D eigenvalue weighted by molar-refractivity contribution is 4.50. The Morgan fingerprint density at radius 3 is 1.39 bits per heavy atom. The van der Waals surface area contributed by atoms with Crippen LogP contribution >= 0.6 is 0 Å². The zero-order chi connectivity index (χ0) is 17.0. The van der Waals surface area contributed by atoms with Gasteiger partial charge in [-0.25, -0.2) is 0 Å². The molecule has 1 N–H and O–H groups in total. The molecule has 0 bridgehead atoms. The minimum absolute atomic E-state index is 0.0477. The predicted molar refractivity (Wildman–Crippen MR) is 89.9 cm³/mol. The lowest BCUT2D eigenvalue weighted by molar-refractivity contribution is -0.0138. The number of aliphatic hydroxyl groups is 1. The average Bonchev–Trinajstić information content (AvgIpc) is 2.54. The molecule has 0 spiro atoms. The molecule has 0 fully saturated rings. The Morgan fingerprint density at radius 1 is 0.609 bits per heavy atom. The van der Waals surface area contributed by atoms with Crippen molar-refractivity contribution in [2.45, 2.75) is 33.1 Å². The van der Waals surface area contributed by atoms with E-state index >= 15 is 0 Å². The SMILES string of the molecule is CCCC(C)CCOCCOCCOCCOCCOCCO. The van der Waals surface area contributed by atoms with Gasteiger partial charge < -0.3 is 28.8 Å². The van der Waals surface area contributed by atoms with E-state index in [9.17, 15) is 0 Å². The third-order valence-corrected chi connectivity index (χ3v) is 3.26. The first-order valence-electron chi connectivity index (χ1n) is 8.80. The second-order valence-electron chi connectivity index (χ2n) is 5.47. The average molecular weight is 336 g/mol. The molecule has 0 saturated carbocycles. The maximum absolute atomic E-state index is 8.51. The van der Waals surface area contributed by atoms with Crippen molar-refractivity contribution in [1.82, 2.24) is 0 Å². The van der Waals surface area contributed by atoms with Crippen molar-refractivity contribution < 1.29 is 28.8 Å². The molecule has 0 amide bonds. The standard InChI is InChI=1S/C17H36O6/c1-3-4-17(2)5-7-19-9-11-21-13-15-23-16-14-22-12-10-20-8-6-18/h17-18H,3-16H2,1-2H3. The van der Waals surface area contributed by atoms with Crippen LogP contribution in [-0.4, -0.2) is 77.8 Å². The smallest absolute Gasteiger partial charge is 0.0701 e. The lowest BCUT2D eigenvalue weighted by Crippen LogP contribution is -2.14. The lowest BCUT2D eigenvalue weighted by Gasteiger charge is -2.10. The summed E-state index contributed by atoms with van der Waals surface area (Å²) in [5.41, 5.74) is 0. The van der Waals surface area contributed by atoms with Crippen LogP contribution in [0.5, 0.6) is 0 Å². The van der Waals surface area contributed by atoms with Crippen LogP contribution in [0.15, 0.2) is 0 Å². The van der Waals surface area contributed by atoms with E-state index < -0.39 is 0 Å². The van der Waals surface area contributed by atoms with E-state index in [-0.39, 0.29) is 6.61 Å². The second-order valence-corrected chi connectivity index (χ2v) is 5.47. The van der Waals surface area contributed by atoms with Gasteiger partial charge in [-0.3, -0.25) is 0 Å². The van der Waals surface area contributed by atoms with E-state index in [0.717, 1.165) is 18.9 Å². The van der Waals surface area contributed by atoms with Gasteiger partial charge in [0, 0.05) is 6.61 Å². The van der Waals surface area contributed by atoms with Crippen LogP contribution in [-0.2, 0) is 23.7 Å². The summed E-state index contributed by atoms with van der Waals surface area (Å²) < 4.78 is 26.7. The molecule has 0 heterocycles. The van der Waals surface area contributed by atoms with Gasteiger partial charge in [0.15, 0.2) is 0 Å². The van der Waals surface area contributed by atoms with Crippen molar-refractivity contribution >= 4 is 0 Å². The Morgan fingerprint density at radius 2 is 1.00 bits per heavy atom. The third kappa shape index (κ3) is 19.7. The molecule has 23 heavy (non-hydrogen) atoms. The topological polar surface area (TPSA) is 66.4 Å². The van der Waals surface area contributed by atoms with E-state index in [4.69, 9.17) is 28.8 Å². The normalized spacial score (nSPS) is 12.7. The second kappa shape index (κ2) is 19.8. The zero-order valence-corrected chi connectivity index (χ0v) is 15.0. The Bertz CT molecular complexity index is 215. The van der Waals surface area contributed by atoms with Crippen LogP contribution in [0.3, 0.4) is 0 Å². The summed E-state index contributed by atoms with van der Waals surface area (Å²) >= 11 is 0. The molecule has 0 rings (SSSR count). The highest BCUT2D eigenvalue weighted by Gasteiger charge is 2.00. The largest absolute Gasteiger partial charge is 0.394 e. The van der Waals surface area contributed by atoms with Crippen LogP contribution < -0.4 is 0 Å². The van der Waals surface area contributed by atoms with Crippen LogP contribution in [0.1, 0.15) is 33.1 Å². The zero-order valence-electron chi connectivity index (χ0n) is 15.0. The predicted octanol–water partition coefficient (Wildman–Crippen LogP) is 1.89. The van der Waals surface area contributed by atoms with Crippen LogP contribution in [0.4, 0.5) is 0 Å². The van der Waals surface area contributed by atoms with Crippen molar-refractivity contribution in [3.05, 3.63) is 0 Å². The maximum Gasteiger partial charge on any atom is 0.0701 e. The molecule has 0 saturated heterocycles. The van der Waals surface area contributed by atoms with Crippen molar-refractivity contribution in [2.75, 3.05) is 72.7 Å². The maximum atomic E-state index is 8.51. The van der Waals surface area contributed by atoms with Gasteiger partial charge in [0.25, 0.3) is 0 Å². The summed E-state index contributed by atoms with van der Waals surface area (Å²) in [5.74, 6) is 0.748. The minimum Gasteiger partial charge on any atom is -0.394 e. The number of ether oxygens (including phenoxy) is 5. The number of hydrogen-bond donors (Lipinski definition) is 1. The molecule has 6 heteroatoms. The van der Waals surface area contributed by atoms with Crippen LogP contribution in [0.25, 0.3) is 0 Å². The molecule has 0 aromatic heterocycles. The Kier molecular flexibility index (Phi) is 19.6. The molecule has 0 aliphatic heterocycles. The van der Waals surface area contributed by atoms with Gasteiger partial charge in [-0.15, -0.1) is 0 Å². The van der Waals surface area contributed by atoms with Gasteiger partial charge >= 0.3 is 0 Å². The van der Waals surface area contributed by atoms with E-state index in [2.05, 4.69) is 13.8 Å². The molecule has 1 atom stereocenters. The van der Waals surface area contributed by atoms with Gasteiger partial charge in [0.05, 0.1) is 66.1 Å². The van der Waals surface area contributed by atoms with E-state index in [0.29, 0.717) is 59.5 Å². The Balaban J connectivity index is 3.00. The van der Waals surface area contributed by atoms with Crippen LogP contribution in [0, 0.1) is 5.92 Å². The first-order chi connectivity index (χ1) is 11.3. The minimum atomic E-state index is 0.0477. The quantitative estimate of drug-likeness (QED) is 0.363. The van der Waals surface area contributed by atoms with Crippen molar-refractivity contribution in [3.8, 4) is 0 Å². The molecule has 0 aliphatic carbocycles. The van der Waals surface area contributed by atoms with Crippen molar-refractivity contribution in [1.29, 1.82) is 0 Å². The molecule has 6 nitrogen and oxygen atoms in total. The summed E-state index contributed by atoms with van der Waals surface area (Å²) in [6.45, 7) is 10.2. The van der Waals surface area contributed by atoms with Gasteiger partial charge in [-0.05, 0) is 12.3 Å². The summed E-state index contributed by atoms with van der Waals surface area (Å²) in [6.07, 6.45) is 3.64. The van der Waals surface area contributed by atoms with Gasteiger partial charge in [0.2, 0.25) is 0 Å². The summed E-state index contributed by atoms with van der Waals surface area (Å²) in [4.78, 5) is 0. The number of aliphatic hydroxyl groups excluding tert-OH is 1. The van der Waals surface area contributed by atoms with E-state index in [1.54, 1.807) is 0 Å².